The number of pyridine rings is 1. The number of aromatic carboxylic acids is 1. The number of carboxylic acid groups (broad SMARTS) is 1. The first-order chi connectivity index (χ1) is 16.7. The summed E-state index contributed by atoms with van der Waals surface area (Å²) in [7, 11) is -1.93. The summed E-state index contributed by atoms with van der Waals surface area (Å²) in [5, 5.41) is 12.4. The van der Waals surface area contributed by atoms with Crippen LogP contribution in [0.5, 0.6) is 0 Å². The lowest BCUT2D eigenvalue weighted by Crippen LogP contribution is -2.48. The molecule has 2 aromatic carbocycles. The maximum Gasteiger partial charge on any atom is 0.341 e. The average molecular weight is 501 g/mol. The largest absolute Gasteiger partial charge is 0.477 e. The molecule has 184 valence electrons. The van der Waals surface area contributed by atoms with Crippen molar-refractivity contribution in [3.63, 3.8) is 0 Å². The van der Waals surface area contributed by atoms with Crippen molar-refractivity contribution in [3.05, 3.63) is 64.2 Å². The minimum Gasteiger partial charge on any atom is -0.477 e. The lowest BCUT2D eigenvalue weighted by Gasteiger charge is -2.35. The predicted octanol–water partition coefficient (Wildman–Crippen LogP) is 2.73. The van der Waals surface area contributed by atoms with Crippen LogP contribution >= 0.6 is 0 Å². The van der Waals surface area contributed by atoms with Crippen molar-refractivity contribution in [1.82, 2.24) is 8.87 Å². The Morgan fingerprint density at radius 1 is 1.09 bits per heavy atom. The number of sulfonamides is 1. The molecular formula is C24H25FN4O5S. The van der Waals surface area contributed by atoms with E-state index in [-0.39, 0.29) is 53.8 Å². The highest BCUT2D eigenvalue weighted by molar-refractivity contribution is 7.89. The molecule has 0 spiro atoms. The van der Waals surface area contributed by atoms with Gasteiger partial charge in [0.05, 0.1) is 16.1 Å². The molecule has 9 nitrogen and oxygen atoms in total. The summed E-state index contributed by atoms with van der Waals surface area (Å²) in [6.45, 7) is 0.913. The van der Waals surface area contributed by atoms with Gasteiger partial charge < -0.3 is 19.9 Å². The first-order valence-electron chi connectivity index (χ1n) is 11.4. The molecule has 0 bridgehead atoms. The molecule has 1 aliphatic carbocycles. The van der Waals surface area contributed by atoms with Crippen LogP contribution in [0.1, 0.15) is 29.2 Å². The number of piperazine rings is 1. The van der Waals surface area contributed by atoms with Crippen molar-refractivity contribution in [3.8, 4) is 0 Å². The number of halogens is 1. The zero-order valence-corrected chi connectivity index (χ0v) is 19.9. The molecule has 1 saturated heterocycles. The zero-order valence-electron chi connectivity index (χ0n) is 19.1. The van der Waals surface area contributed by atoms with E-state index in [4.69, 9.17) is 0 Å². The molecule has 1 aliphatic heterocycles. The van der Waals surface area contributed by atoms with Crippen LogP contribution < -0.4 is 15.6 Å². The third-order valence-electron chi connectivity index (χ3n) is 6.63. The Bertz CT molecular complexity index is 1470. The number of hydrogen-bond acceptors (Lipinski definition) is 6. The summed E-state index contributed by atoms with van der Waals surface area (Å²) >= 11 is 0. The Kier molecular flexibility index (Phi) is 5.76. The fourth-order valence-electron chi connectivity index (χ4n) is 4.52. The van der Waals surface area contributed by atoms with Crippen molar-refractivity contribution in [1.29, 1.82) is 0 Å². The number of anilines is 2. The summed E-state index contributed by atoms with van der Waals surface area (Å²) in [5.41, 5.74) is 0.470. The average Bonchev–Trinajstić information content (AvgIpc) is 3.69. The van der Waals surface area contributed by atoms with E-state index in [9.17, 15) is 23.1 Å². The fourth-order valence-corrected chi connectivity index (χ4v) is 5.94. The second-order valence-electron chi connectivity index (χ2n) is 8.80. The second kappa shape index (κ2) is 8.65. The predicted molar refractivity (Wildman–Crippen MR) is 130 cm³/mol. The van der Waals surface area contributed by atoms with E-state index in [1.165, 1.54) is 10.5 Å². The van der Waals surface area contributed by atoms with Crippen molar-refractivity contribution in [2.75, 3.05) is 43.4 Å². The third-order valence-corrected chi connectivity index (χ3v) is 8.54. The Labute approximate surface area is 201 Å². The molecule has 0 atom stereocenters. The van der Waals surface area contributed by atoms with Crippen LogP contribution in [0.3, 0.4) is 0 Å². The van der Waals surface area contributed by atoms with Crippen LogP contribution in [0, 0.1) is 5.82 Å². The molecule has 2 N–H and O–H groups in total. The Balaban J connectivity index is 1.43. The molecule has 1 saturated carbocycles. The number of carboxylic acids is 1. The molecule has 11 heteroatoms. The highest BCUT2D eigenvalue weighted by Gasteiger charge is 2.31. The molecule has 3 aromatic rings. The number of nitrogens with one attached hydrogen (secondary N) is 1. The molecule has 0 radical (unpaired) electrons. The van der Waals surface area contributed by atoms with Crippen LogP contribution in [0.2, 0.25) is 0 Å². The Hall–Kier alpha value is -3.44. The van der Waals surface area contributed by atoms with Gasteiger partial charge >= 0.3 is 5.97 Å². The van der Waals surface area contributed by atoms with E-state index in [1.54, 1.807) is 46.8 Å². The van der Waals surface area contributed by atoms with Crippen LogP contribution in [0.15, 0.2) is 52.3 Å². The van der Waals surface area contributed by atoms with E-state index in [0.29, 0.717) is 5.52 Å². The molecule has 2 aliphatic rings. The normalized spacial score (nSPS) is 17.0. The molecule has 5 rings (SSSR count). The van der Waals surface area contributed by atoms with Gasteiger partial charge in [0.25, 0.3) is 0 Å². The van der Waals surface area contributed by atoms with Crippen LogP contribution in [0.4, 0.5) is 15.8 Å². The number of aromatic nitrogens is 1. The van der Waals surface area contributed by atoms with Gasteiger partial charge in [0.2, 0.25) is 15.5 Å². The Morgan fingerprint density at radius 3 is 2.31 bits per heavy atom. The van der Waals surface area contributed by atoms with Crippen LogP contribution in [0.25, 0.3) is 10.9 Å². The van der Waals surface area contributed by atoms with Crippen molar-refractivity contribution in [2.24, 2.45) is 0 Å². The summed E-state index contributed by atoms with van der Waals surface area (Å²) in [6.07, 6.45) is 3.06. The molecule has 2 fully saturated rings. The third kappa shape index (κ3) is 4.14. The number of rotatable bonds is 6. The van der Waals surface area contributed by atoms with Gasteiger partial charge in [-0.3, -0.25) is 4.79 Å². The van der Waals surface area contributed by atoms with E-state index < -0.39 is 27.2 Å². The standard InChI is InChI=1S/C24H25FN4O5S/c1-26-15-2-6-17(7-3-15)35(33,34)28-10-8-27(9-11-28)22-13-21-18(12-20(22)25)23(30)19(24(31)32)14-29(21)16-4-5-16/h2-3,6-7,12-14,16,26H,4-5,8-11H2,1H3,(H,31,32). The SMILES string of the molecule is CNc1ccc(S(=O)(=O)N2CCN(c3cc4c(cc3F)c(=O)c(C(=O)O)cn4C3CC3)CC2)cc1. The fraction of sp³-hybridized carbons (Fsp3) is 0.333. The number of carbonyl (C=O) groups is 1. The second-order valence-corrected chi connectivity index (χ2v) is 10.7. The number of hydrogen-bond donors (Lipinski definition) is 2. The lowest BCUT2D eigenvalue weighted by molar-refractivity contribution is 0.0694. The molecule has 2 heterocycles. The topological polar surface area (TPSA) is 112 Å². The summed E-state index contributed by atoms with van der Waals surface area (Å²) in [4.78, 5) is 26.2. The van der Waals surface area contributed by atoms with Gasteiger partial charge in [0, 0.05) is 56.5 Å². The van der Waals surface area contributed by atoms with Crippen molar-refractivity contribution in [2.45, 2.75) is 23.8 Å². The summed E-state index contributed by atoms with van der Waals surface area (Å²) in [6, 6.07) is 9.26. The van der Waals surface area contributed by atoms with Crippen LogP contribution in [-0.4, -0.2) is 61.6 Å². The lowest BCUT2D eigenvalue weighted by atomic mass is 10.1. The maximum atomic E-state index is 15.2. The highest BCUT2D eigenvalue weighted by Crippen LogP contribution is 2.38. The van der Waals surface area contributed by atoms with Gasteiger partial charge in [-0.25, -0.2) is 17.6 Å². The number of fused-ring (bicyclic) bond motifs is 1. The molecule has 35 heavy (non-hydrogen) atoms. The van der Waals surface area contributed by atoms with Crippen molar-refractivity contribution >= 4 is 38.3 Å². The molecule has 0 amide bonds. The van der Waals surface area contributed by atoms with E-state index in [1.807, 2.05) is 0 Å². The van der Waals surface area contributed by atoms with Gasteiger partial charge in [0.15, 0.2) is 0 Å². The van der Waals surface area contributed by atoms with E-state index >= 15 is 4.39 Å². The summed E-state index contributed by atoms with van der Waals surface area (Å²) in [5.74, 6) is -1.98. The smallest absolute Gasteiger partial charge is 0.341 e. The molecule has 0 unspecified atom stereocenters. The van der Waals surface area contributed by atoms with Gasteiger partial charge in [0.1, 0.15) is 11.4 Å². The van der Waals surface area contributed by atoms with Gasteiger partial charge in [-0.1, -0.05) is 0 Å². The molecular weight excluding hydrogens is 475 g/mol. The van der Waals surface area contributed by atoms with Gasteiger partial charge in [-0.2, -0.15) is 4.31 Å². The zero-order chi connectivity index (χ0) is 24.9. The highest BCUT2D eigenvalue weighted by atomic mass is 32.2. The number of benzene rings is 2. The van der Waals surface area contributed by atoms with Crippen LogP contribution in [-0.2, 0) is 10.0 Å². The van der Waals surface area contributed by atoms with Gasteiger partial charge in [-0.05, 0) is 49.2 Å². The number of nitrogens with zero attached hydrogens (tertiary/aromatic N) is 3. The maximum absolute atomic E-state index is 15.2. The molecule has 1 aromatic heterocycles. The quantitative estimate of drug-likeness (QED) is 0.535. The first kappa shape index (κ1) is 23.3. The summed E-state index contributed by atoms with van der Waals surface area (Å²) < 4.78 is 44.4. The van der Waals surface area contributed by atoms with E-state index in [2.05, 4.69) is 5.32 Å². The first-order valence-corrected chi connectivity index (χ1v) is 12.8. The Morgan fingerprint density at radius 2 is 1.74 bits per heavy atom. The van der Waals surface area contributed by atoms with Crippen molar-refractivity contribution < 1.29 is 22.7 Å². The minimum atomic E-state index is -3.68. The van der Waals surface area contributed by atoms with E-state index in [0.717, 1.165) is 24.6 Å². The monoisotopic (exact) mass is 500 g/mol. The van der Waals surface area contributed by atoms with Gasteiger partial charge in [-0.15, -0.1) is 0 Å². The minimum absolute atomic E-state index is 0.0317.